The fourth-order valence-electron chi connectivity index (χ4n) is 5.52. The Bertz CT molecular complexity index is 636. The summed E-state index contributed by atoms with van der Waals surface area (Å²) in [5.74, 6) is 1.89. The van der Waals surface area contributed by atoms with Crippen molar-refractivity contribution in [2.24, 2.45) is 29.6 Å². The smallest absolute Gasteiger partial charge is 0.336 e. The zero-order chi connectivity index (χ0) is 23.7. The van der Waals surface area contributed by atoms with Crippen molar-refractivity contribution in [1.82, 2.24) is 0 Å². The molecule has 2 saturated carbocycles. The highest BCUT2D eigenvalue weighted by Crippen LogP contribution is 2.43. The second-order valence-corrected chi connectivity index (χ2v) is 10.2. The summed E-state index contributed by atoms with van der Waals surface area (Å²) in [6, 6.07) is 0. The first-order chi connectivity index (χ1) is 15.2. The minimum atomic E-state index is -0.940. The standard InChI is InChI=1S/C27H44O5/c1-6-7-21-8-10-22(11-9-21)23-12-14-24(15-13-23)25(16-31-26(29)18(2)3)17-32-27(30)19(4)20(5)28/h20-25,28H,2,4,6-17H2,1,3,5H3. The molecule has 0 aromatic rings. The molecule has 0 aromatic carbocycles. The highest BCUT2D eigenvalue weighted by molar-refractivity contribution is 5.88. The molecule has 32 heavy (non-hydrogen) atoms. The number of aliphatic hydroxyl groups is 1. The van der Waals surface area contributed by atoms with E-state index in [9.17, 15) is 14.7 Å². The molecule has 0 saturated heterocycles. The van der Waals surface area contributed by atoms with Gasteiger partial charge < -0.3 is 14.6 Å². The Morgan fingerprint density at radius 1 is 0.906 bits per heavy atom. The number of rotatable bonds is 11. The topological polar surface area (TPSA) is 72.8 Å². The van der Waals surface area contributed by atoms with Crippen LogP contribution in [-0.2, 0) is 19.1 Å². The molecule has 0 heterocycles. The van der Waals surface area contributed by atoms with Gasteiger partial charge in [0.1, 0.15) is 0 Å². The van der Waals surface area contributed by atoms with Crippen molar-refractivity contribution in [3.05, 3.63) is 24.3 Å². The third kappa shape index (κ3) is 8.06. The van der Waals surface area contributed by atoms with E-state index >= 15 is 0 Å². The van der Waals surface area contributed by atoms with Crippen molar-refractivity contribution in [3.63, 3.8) is 0 Å². The second kappa shape index (κ2) is 13.2. The molecule has 1 N–H and O–H groups in total. The Hall–Kier alpha value is -1.62. The van der Waals surface area contributed by atoms with Crippen LogP contribution in [0.1, 0.15) is 85.0 Å². The Labute approximate surface area is 194 Å². The van der Waals surface area contributed by atoms with Crippen LogP contribution < -0.4 is 0 Å². The third-order valence-electron chi connectivity index (χ3n) is 7.71. The molecule has 2 rings (SSSR count). The molecule has 0 radical (unpaired) electrons. The summed E-state index contributed by atoms with van der Waals surface area (Å²) in [5.41, 5.74) is 0.413. The molecule has 0 spiro atoms. The van der Waals surface area contributed by atoms with Gasteiger partial charge in [-0.1, -0.05) is 45.8 Å². The van der Waals surface area contributed by atoms with Crippen LogP contribution in [0.4, 0.5) is 0 Å². The van der Waals surface area contributed by atoms with Gasteiger partial charge in [-0.2, -0.15) is 0 Å². The molecule has 0 aromatic heterocycles. The average Bonchev–Trinajstić information content (AvgIpc) is 2.79. The number of hydrogen-bond donors (Lipinski definition) is 1. The highest BCUT2D eigenvalue weighted by Gasteiger charge is 2.34. The molecule has 0 amide bonds. The lowest BCUT2D eigenvalue weighted by Gasteiger charge is -2.39. The predicted octanol–water partition coefficient (Wildman–Crippen LogP) is 5.62. The first-order valence-corrected chi connectivity index (χ1v) is 12.6. The average molecular weight is 449 g/mol. The number of hydrogen-bond acceptors (Lipinski definition) is 5. The quantitative estimate of drug-likeness (QED) is 0.328. The number of carbonyl (C=O) groups excluding carboxylic acids is 2. The molecular formula is C27H44O5. The first kappa shape index (κ1) is 26.6. The Balaban J connectivity index is 1.89. The molecule has 0 aliphatic heterocycles. The minimum Gasteiger partial charge on any atom is -0.462 e. The molecule has 2 unspecified atom stereocenters. The fraction of sp³-hybridized carbons (Fsp3) is 0.778. The predicted molar refractivity (Wildman–Crippen MR) is 127 cm³/mol. The van der Waals surface area contributed by atoms with Gasteiger partial charge in [-0.3, -0.25) is 0 Å². The van der Waals surface area contributed by atoms with E-state index in [1.165, 1.54) is 58.3 Å². The molecule has 2 fully saturated rings. The van der Waals surface area contributed by atoms with Crippen LogP contribution in [0.5, 0.6) is 0 Å². The van der Waals surface area contributed by atoms with Crippen LogP contribution in [0.2, 0.25) is 0 Å². The van der Waals surface area contributed by atoms with Crippen LogP contribution in [0, 0.1) is 29.6 Å². The monoisotopic (exact) mass is 448 g/mol. The van der Waals surface area contributed by atoms with Crippen molar-refractivity contribution in [1.29, 1.82) is 0 Å². The molecule has 0 bridgehead atoms. The summed E-state index contributed by atoms with van der Waals surface area (Å²) < 4.78 is 10.9. The Morgan fingerprint density at radius 2 is 1.41 bits per heavy atom. The van der Waals surface area contributed by atoms with Gasteiger partial charge in [-0.15, -0.1) is 0 Å². The van der Waals surface area contributed by atoms with E-state index in [1.54, 1.807) is 6.92 Å². The van der Waals surface area contributed by atoms with Crippen LogP contribution in [0.25, 0.3) is 0 Å². The Morgan fingerprint density at radius 3 is 1.88 bits per heavy atom. The maximum absolute atomic E-state index is 12.1. The maximum atomic E-state index is 12.1. The summed E-state index contributed by atoms with van der Waals surface area (Å²) in [5, 5.41) is 9.56. The lowest BCUT2D eigenvalue weighted by Crippen LogP contribution is -2.33. The summed E-state index contributed by atoms with van der Waals surface area (Å²) in [6.45, 7) is 13.0. The van der Waals surface area contributed by atoms with Gasteiger partial charge in [-0.05, 0) is 76.0 Å². The van der Waals surface area contributed by atoms with Crippen LogP contribution in [-0.4, -0.2) is 36.4 Å². The molecular weight excluding hydrogens is 404 g/mol. The molecule has 2 atom stereocenters. The van der Waals surface area contributed by atoms with Crippen molar-refractivity contribution < 1.29 is 24.2 Å². The van der Waals surface area contributed by atoms with Gasteiger partial charge in [0.2, 0.25) is 0 Å². The summed E-state index contributed by atoms with van der Waals surface area (Å²) in [6.07, 6.45) is 11.8. The zero-order valence-electron chi connectivity index (χ0n) is 20.4. The van der Waals surface area contributed by atoms with Crippen molar-refractivity contribution in [3.8, 4) is 0 Å². The zero-order valence-corrected chi connectivity index (χ0v) is 20.4. The van der Waals surface area contributed by atoms with Crippen LogP contribution >= 0.6 is 0 Å². The van der Waals surface area contributed by atoms with Gasteiger partial charge in [0.15, 0.2) is 0 Å². The van der Waals surface area contributed by atoms with E-state index in [2.05, 4.69) is 20.1 Å². The normalized spacial score (nSPS) is 27.8. The van der Waals surface area contributed by atoms with Gasteiger partial charge in [0.05, 0.1) is 24.9 Å². The van der Waals surface area contributed by atoms with Crippen LogP contribution in [0.3, 0.4) is 0 Å². The van der Waals surface area contributed by atoms with E-state index in [-0.39, 0.29) is 24.7 Å². The van der Waals surface area contributed by atoms with E-state index in [1.807, 2.05) is 0 Å². The van der Waals surface area contributed by atoms with Crippen LogP contribution in [0.15, 0.2) is 24.3 Å². The van der Waals surface area contributed by atoms with E-state index in [4.69, 9.17) is 9.47 Å². The van der Waals surface area contributed by atoms with Gasteiger partial charge in [0.25, 0.3) is 0 Å². The summed E-state index contributed by atoms with van der Waals surface area (Å²) >= 11 is 0. The SMILES string of the molecule is C=C(C)C(=O)OCC(COC(=O)C(=C)C(C)O)C1CCC(C2CCC(CCC)CC2)CC1. The second-order valence-electron chi connectivity index (χ2n) is 10.2. The number of aliphatic hydroxyl groups excluding tert-OH is 1. The summed E-state index contributed by atoms with van der Waals surface area (Å²) in [7, 11) is 0. The van der Waals surface area contributed by atoms with Crippen molar-refractivity contribution in [2.75, 3.05) is 13.2 Å². The fourth-order valence-corrected chi connectivity index (χ4v) is 5.52. The number of esters is 2. The molecule has 2 aliphatic rings. The highest BCUT2D eigenvalue weighted by atomic mass is 16.5. The van der Waals surface area contributed by atoms with Gasteiger partial charge in [0, 0.05) is 11.5 Å². The summed E-state index contributed by atoms with van der Waals surface area (Å²) in [4.78, 5) is 24.1. The third-order valence-corrected chi connectivity index (χ3v) is 7.71. The van der Waals surface area contributed by atoms with Gasteiger partial charge in [-0.25, -0.2) is 9.59 Å². The van der Waals surface area contributed by atoms with E-state index < -0.39 is 18.0 Å². The lowest BCUT2D eigenvalue weighted by molar-refractivity contribution is -0.146. The molecule has 2 aliphatic carbocycles. The largest absolute Gasteiger partial charge is 0.462 e. The molecule has 5 heteroatoms. The minimum absolute atomic E-state index is 0.0464. The number of carbonyl (C=O) groups is 2. The van der Waals surface area contributed by atoms with Gasteiger partial charge >= 0.3 is 11.9 Å². The van der Waals surface area contributed by atoms with Crippen molar-refractivity contribution in [2.45, 2.75) is 91.1 Å². The number of ether oxygens (including phenoxy) is 2. The Kier molecular flexibility index (Phi) is 11.0. The van der Waals surface area contributed by atoms with Crippen molar-refractivity contribution >= 4 is 11.9 Å². The maximum Gasteiger partial charge on any atom is 0.336 e. The van der Waals surface area contributed by atoms with E-state index in [0.717, 1.165) is 30.6 Å². The van der Waals surface area contributed by atoms with E-state index in [0.29, 0.717) is 11.5 Å². The first-order valence-electron chi connectivity index (χ1n) is 12.6. The molecule has 5 nitrogen and oxygen atoms in total. The lowest BCUT2D eigenvalue weighted by atomic mass is 9.67. The molecule has 182 valence electrons.